The number of aliphatic carboxylic acids is 1. The maximum Gasteiger partial charge on any atom is 0.341 e. The van der Waals surface area contributed by atoms with Gasteiger partial charge in [-0.3, -0.25) is 4.79 Å². The van der Waals surface area contributed by atoms with Crippen LogP contribution in [0, 0.1) is 5.41 Å². The first kappa shape index (κ1) is 17.0. The molecule has 1 fully saturated rings. The maximum atomic E-state index is 12.9. The first-order valence-electron chi connectivity index (χ1n) is 8.19. The van der Waals surface area contributed by atoms with E-state index in [9.17, 15) is 9.59 Å². The number of amides is 1. The summed E-state index contributed by atoms with van der Waals surface area (Å²) in [5.41, 5.74) is 1.62. The highest BCUT2D eigenvalue weighted by atomic mass is 16.5. The summed E-state index contributed by atoms with van der Waals surface area (Å²) in [7, 11) is 0. The zero-order valence-corrected chi connectivity index (χ0v) is 14.3. The van der Waals surface area contributed by atoms with Crippen LogP contribution in [0.25, 0.3) is 0 Å². The van der Waals surface area contributed by atoms with Crippen molar-refractivity contribution in [1.29, 1.82) is 0 Å². The minimum atomic E-state index is -1.05. The summed E-state index contributed by atoms with van der Waals surface area (Å²) in [5.74, 6) is -0.747. The smallest absolute Gasteiger partial charge is 0.341 e. The lowest BCUT2D eigenvalue weighted by Gasteiger charge is -2.54. The van der Waals surface area contributed by atoms with Crippen LogP contribution in [0.1, 0.15) is 35.8 Å². The van der Waals surface area contributed by atoms with E-state index >= 15 is 0 Å². The van der Waals surface area contributed by atoms with Crippen LogP contribution in [0.3, 0.4) is 0 Å². The summed E-state index contributed by atoms with van der Waals surface area (Å²) in [5, 5.41) is 8.71. The largest absolute Gasteiger partial charge is 0.482 e. The number of carboxylic acid groups (broad SMARTS) is 1. The highest BCUT2D eigenvalue weighted by Crippen LogP contribution is 2.48. The van der Waals surface area contributed by atoms with Crippen LogP contribution < -0.4 is 4.74 Å². The van der Waals surface area contributed by atoms with Crippen molar-refractivity contribution in [2.45, 2.75) is 19.9 Å². The molecule has 0 bridgehead atoms. The number of nitrogens with zero attached hydrogens (tertiary/aromatic N) is 1. The van der Waals surface area contributed by atoms with Gasteiger partial charge in [-0.1, -0.05) is 50.2 Å². The number of carboxylic acids is 1. The van der Waals surface area contributed by atoms with Gasteiger partial charge in [0, 0.05) is 17.5 Å². The summed E-state index contributed by atoms with van der Waals surface area (Å²) in [6, 6.07) is 16.7. The third-order valence-corrected chi connectivity index (χ3v) is 4.45. The van der Waals surface area contributed by atoms with E-state index in [-0.39, 0.29) is 17.4 Å². The monoisotopic (exact) mass is 339 g/mol. The van der Waals surface area contributed by atoms with Crippen molar-refractivity contribution in [2.75, 3.05) is 13.2 Å². The van der Waals surface area contributed by atoms with Crippen LogP contribution in [0.4, 0.5) is 0 Å². The Bertz CT molecular complexity index is 785. The van der Waals surface area contributed by atoms with Gasteiger partial charge in [0.1, 0.15) is 5.75 Å². The highest BCUT2D eigenvalue weighted by molar-refractivity contribution is 5.95. The normalized spacial score (nSPS) is 18.3. The molecule has 5 nitrogen and oxygen atoms in total. The summed E-state index contributed by atoms with van der Waals surface area (Å²) < 4.78 is 5.17. The molecule has 1 amide bonds. The average molecular weight is 339 g/mol. The van der Waals surface area contributed by atoms with Crippen LogP contribution in [0.5, 0.6) is 5.75 Å². The van der Waals surface area contributed by atoms with E-state index in [4.69, 9.17) is 9.84 Å². The second kappa shape index (κ2) is 6.59. The second-order valence-electron chi connectivity index (χ2n) is 6.95. The molecule has 0 radical (unpaired) electrons. The molecule has 1 N–H and O–H groups in total. The SMILES string of the molecule is CC1(C)CN(C(=O)c2cccc(OCC(=O)O)c2)C1c1ccccc1. The number of hydrogen-bond donors (Lipinski definition) is 1. The molecule has 1 heterocycles. The van der Waals surface area contributed by atoms with Gasteiger partial charge in [-0.2, -0.15) is 0 Å². The zero-order valence-electron chi connectivity index (χ0n) is 14.3. The van der Waals surface area contributed by atoms with Gasteiger partial charge in [0.25, 0.3) is 5.91 Å². The molecule has 5 heteroatoms. The fourth-order valence-corrected chi connectivity index (χ4v) is 3.41. The Hall–Kier alpha value is -2.82. The summed E-state index contributed by atoms with van der Waals surface area (Å²) in [4.78, 5) is 25.4. The van der Waals surface area contributed by atoms with E-state index in [0.29, 0.717) is 17.9 Å². The molecule has 130 valence electrons. The first-order chi connectivity index (χ1) is 11.9. The van der Waals surface area contributed by atoms with Crippen molar-refractivity contribution in [1.82, 2.24) is 4.90 Å². The molecule has 0 spiro atoms. The second-order valence-corrected chi connectivity index (χ2v) is 6.95. The molecule has 0 saturated carbocycles. The van der Waals surface area contributed by atoms with Crippen LogP contribution in [-0.4, -0.2) is 35.0 Å². The van der Waals surface area contributed by atoms with Gasteiger partial charge in [0.05, 0.1) is 6.04 Å². The summed E-state index contributed by atoms with van der Waals surface area (Å²) >= 11 is 0. The van der Waals surface area contributed by atoms with Crippen LogP contribution >= 0.6 is 0 Å². The van der Waals surface area contributed by atoms with Crippen molar-refractivity contribution in [3.8, 4) is 5.75 Å². The Morgan fingerprint density at radius 2 is 1.88 bits per heavy atom. The molecule has 1 aliphatic rings. The molecule has 25 heavy (non-hydrogen) atoms. The number of rotatable bonds is 5. The molecule has 3 rings (SSSR count). The lowest BCUT2D eigenvalue weighted by atomic mass is 9.71. The highest BCUT2D eigenvalue weighted by Gasteiger charge is 2.48. The average Bonchev–Trinajstić information content (AvgIpc) is 2.58. The Kier molecular flexibility index (Phi) is 4.49. The van der Waals surface area contributed by atoms with E-state index in [1.54, 1.807) is 24.3 Å². The van der Waals surface area contributed by atoms with E-state index in [1.807, 2.05) is 35.2 Å². The predicted octanol–water partition coefficient (Wildman–Crippen LogP) is 3.37. The summed E-state index contributed by atoms with van der Waals surface area (Å²) in [6.45, 7) is 4.55. The van der Waals surface area contributed by atoms with Gasteiger partial charge >= 0.3 is 5.97 Å². The molecule has 1 saturated heterocycles. The molecular formula is C20H21NO4. The van der Waals surface area contributed by atoms with Gasteiger partial charge in [0.15, 0.2) is 6.61 Å². The lowest BCUT2D eigenvalue weighted by Crippen LogP contribution is -2.57. The number of carbonyl (C=O) groups excluding carboxylic acids is 1. The quantitative estimate of drug-likeness (QED) is 0.907. The van der Waals surface area contributed by atoms with Crippen LogP contribution in [0.2, 0.25) is 0 Å². The Morgan fingerprint density at radius 1 is 1.16 bits per heavy atom. The molecule has 0 aliphatic carbocycles. The summed E-state index contributed by atoms with van der Waals surface area (Å²) in [6.07, 6.45) is 0. The minimum absolute atomic E-state index is 0.00836. The third-order valence-electron chi connectivity index (χ3n) is 4.45. The fourth-order valence-electron chi connectivity index (χ4n) is 3.41. The number of hydrogen-bond acceptors (Lipinski definition) is 3. The molecular weight excluding hydrogens is 318 g/mol. The number of carbonyl (C=O) groups is 2. The van der Waals surface area contributed by atoms with Crippen molar-refractivity contribution in [3.63, 3.8) is 0 Å². The molecule has 2 aromatic rings. The van der Waals surface area contributed by atoms with E-state index in [1.165, 1.54) is 0 Å². The topological polar surface area (TPSA) is 66.8 Å². The Labute approximate surface area is 146 Å². The molecule has 1 atom stereocenters. The third kappa shape index (κ3) is 3.50. The van der Waals surface area contributed by atoms with Crippen LogP contribution in [-0.2, 0) is 4.79 Å². The molecule has 2 aromatic carbocycles. The Balaban J connectivity index is 1.81. The maximum absolute atomic E-state index is 12.9. The van der Waals surface area contributed by atoms with E-state index in [2.05, 4.69) is 13.8 Å². The van der Waals surface area contributed by atoms with E-state index < -0.39 is 12.6 Å². The van der Waals surface area contributed by atoms with Gasteiger partial charge < -0.3 is 14.7 Å². The van der Waals surface area contributed by atoms with Crippen molar-refractivity contribution >= 4 is 11.9 Å². The molecule has 1 aliphatic heterocycles. The number of ether oxygens (including phenoxy) is 1. The number of likely N-dealkylation sites (tertiary alicyclic amines) is 1. The zero-order chi connectivity index (χ0) is 18.0. The van der Waals surface area contributed by atoms with Gasteiger partial charge in [-0.25, -0.2) is 4.79 Å². The molecule has 0 aromatic heterocycles. The first-order valence-corrected chi connectivity index (χ1v) is 8.19. The van der Waals surface area contributed by atoms with Crippen molar-refractivity contribution < 1.29 is 19.4 Å². The fraction of sp³-hybridized carbons (Fsp3) is 0.300. The predicted molar refractivity (Wildman–Crippen MR) is 93.6 cm³/mol. The van der Waals surface area contributed by atoms with Crippen molar-refractivity contribution in [2.24, 2.45) is 5.41 Å². The molecule has 1 unspecified atom stereocenters. The number of benzene rings is 2. The minimum Gasteiger partial charge on any atom is -0.482 e. The van der Waals surface area contributed by atoms with Crippen molar-refractivity contribution in [3.05, 3.63) is 65.7 Å². The van der Waals surface area contributed by atoms with Gasteiger partial charge in [0.2, 0.25) is 0 Å². The van der Waals surface area contributed by atoms with E-state index in [0.717, 1.165) is 5.56 Å². The van der Waals surface area contributed by atoms with Gasteiger partial charge in [-0.05, 0) is 23.8 Å². The lowest BCUT2D eigenvalue weighted by molar-refractivity contribution is -0.139. The van der Waals surface area contributed by atoms with Gasteiger partial charge in [-0.15, -0.1) is 0 Å². The standard InChI is InChI=1S/C20H21NO4/c1-20(2)13-21(18(20)14-7-4-3-5-8-14)19(24)15-9-6-10-16(11-15)25-12-17(22)23/h3-11,18H,12-13H2,1-2H3,(H,22,23). The Morgan fingerprint density at radius 3 is 2.52 bits per heavy atom. The van der Waals surface area contributed by atoms with Crippen LogP contribution in [0.15, 0.2) is 54.6 Å².